The zero-order valence-corrected chi connectivity index (χ0v) is 15.9. The third kappa shape index (κ3) is 7.05. The lowest BCUT2D eigenvalue weighted by Crippen LogP contribution is -2.32. The monoisotopic (exact) mass is 411 g/mol. The molecule has 0 radical (unpaired) electrons. The molecule has 0 aliphatic heterocycles. The van der Waals surface area contributed by atoms with E-state index in [1.807, 2.05) is 0 Å². The normalized spacial score (nSPS) is 10.3. The van der Waals surface area contributed by atoms with Gasteiger partial charge in [-0.15, -0.1) is 0 Å². The smallest absolute Gasteiger partial charge is 0.269 e. The molecule has 0 spiro atoms. The molecule has 0 aliphatic carbocycles. The topological polar surface area (TPSA) is 101 Å². The van der Waals surface area contributed by atoms with E-state index >= 15 is 0 Å². The van der Waals surface area contributed by atoms with Crippen LogP contribution in [0, 0.1) is 0 Å². The summed E-state index contributed by atoms with van der Waals surface area (Å²) in [6.45, 7) is 0.380. The van der Waals surface area contributed by atoms with Crippen molar-refractivity contribution in [3.05, 3.63) is 57.8 Å². The van der Waals surface area contributed by atoms with E-state index in [2.05, 4.69) is 15.6 Å². The first-order valence-electron chi connectivity index (χ1n) is 8.19. The Morgan fingerprint density at radius 3 is 2.59 bits per heavy atom. The molecule has 0 saturated heterocycles. The van der Waals surface area contributed by atoms with Gasteiger partial charge in [0, 0.05) is 19.2 Å². The molecule has 0 fully saturated rings. The van der Waals surface area contributed by atoms with Gasteiger partial charge in [0.1, 0.15) is 11.4 Å². The van der Waals surface area contributed by atoms with E-state index in [0.29, 0.717) is 41.0 Å². The number of aromatic nitrogens is 1. The van der Waals surface area contributed by atoms with Gasteiger partial charge in [-0.25, -0.2) is 4.98 Å². The predicted molar refractivity (Wildman–Crippen MR) is 102 cm³/mol. The molecule has 0 saturated carbocycles. The van der Waals surface area contributed by atoms with E-state index < -0.39 is 0 Å². The number of pyridine rings is 1. The summed E-state index contributed by atoms with van der Waals surface area (Å²) in [6, 6.07) is 9.60. The number of aliphatic hydroxyl groups is 1. The van der Waals surface area contributed by atoms with Crippen molar-refractivity contribution in [3.63, 3.8) is 0 Å². The van der Waals surface area contributed by atoms with Gasteiger partial charge >= 0.3 is 0 Å². The first kappa shape index (κ1) is 21.0. The maximum atomic E-state index is 11.9. The van der Waals surface area contributed by atoms with E-state index in [1.165, 1.54) is 6.07 Å². The number of hydrogen-bond donors (Lipinski definition) is 3. The highest BCUT2D eigenvalue weighted by Crippen LogP contribution is 2.26. The van der Waals surface area contributed by atoms with Gasteiger partial charge in [-0.05, 0) is 30.7 Å². The third-order valence-corrected chi connectivity index (χ3v) is 4.16. The molecule has 0 bridgehead atoms. The van der Waals surface area contributed by atoms with Crippen molar-refractivity contribution >= 4 is 35.0 Å². The van der Waals surface area contributed by atoms with E-state index in [1.54, 1.807) is 30.3 Å². The molecular formula is C18H19Cl2N3O4. The Labute approximate surface area is 166 Å². The summed E-state index contributed by atoms with van der Waals surface area (Å²) < 4.78 is 5.32. The molecule has 144 valence electrons. The number of carbonyl (C=O) groups excluding carboxylic acids is 2. The summed E-state index contributed by atoms with van der Waals surface area (Å²) in [5.74, 6) is -0.172. The van der Waals surface area contributed by atoms with Crippen LogP contribution in [0.1, 0.15) is 22.6 Å². The molecule has 9 heteroatoms. The fraction of sp³-hybridized carbons (Fsp3) is 0.278. The van der Waals surface area contributed by atoms with Crippen molar-refractivity contribution in [3.8, 4) is 5.75 Å². The fourth-order valence-corrected chi connectivity index (χ4v) is 2.36. The van der Waals surface area contributed by atoms with E-state index in [4.69, 9.17) is 33.0 Å². The van der Waals surface area contributed by atoms with Crippen molar-refractivity contribution in [1.82, 2.24) is 15.6 Å². The summed E-state index contributed by atoms with van der Waals surface area (Å²) in [4.78, 5) is 27.7. The van der Waals surface area contributed by atoms with E-state index in [-0.39, 0.29) is 30.7 Å². The Balaban J connectivity index is 1.62. The lowest BCUT2D eigenvalue weighted by atomic mass is 10.3. The molecule has 0 atom stereocenters. The van der Waals surface area contributed by atoms with Gasteiger partial charge in [0.15, 0.2) is 6.61 Å². The Morgan fingerprint density at radius 2 is 1.85 bits per heavy atom. The van der Waals surface area contributed by atoms with Crippen molar-refractivity contribution in [2.45, 2.75) is 13.0 Å². The first-order chi connectivity index (χ1) is 13.0. The van der Waals surface area contributed by atoms with Gasteiger partial charge in [0.2, 0.25) is 0 Å². The molecule has 3 N–H and O–H groups in total. The van der Waals surface area contributed by atoms with Crippen LogP contribution < -0.4 is 15.4 Å². The second-order valence-electron chi connectivity index (χ2n) is 5.50. The van der Waals surface area contributed by atoms with Gasteiger partial charge in [0.25, 0.3) is 11.8 Å². The number of carbonyl (C=O) groups is 2. The second kappa shape index (κ2) is 10.7. The highest BCUT2D eigenvalue weighted by Gasteiger charge is 2.08. The minimum atomic E-state index is -0.334. The largest absolute Gasteiger partial charge is 0.484 e. The fourth-order valence-electron chi connectivity index (χ4n) is 2.07. The molecular weight excluding hydrogens is 393 g/mol. The van der Waals surface area contributed by atoms with Crippen molar-refractivity contribution in [2.75, 3.05) is 19.7 Å². The molecule has 1 aromatic heterocycles. The number of aliphatic hydroxyl groups excluding tert-OH is 1. The van der Waals surface area contributed by atoms with Crippen molar-refractivity contribution in [1.29, 1.82) is 0 Å². The molecule has 0 aliphatic rings. The SMILES string of the molecule is O=C(COc1ccc(Cl)c(Cl)c1)NCCCNC(=O)c1cccc(CO)n1. The van der Waals surface area contributed by atoms with Crippen LogP contribution in [-0.4, -0.2) is 41.6 Å². The zero-order chi connectivity index (χ0) is 19.6. The Bertz CT molecular complexity index is 802. The molecule has 0 unspecified atom stereocenters. The number of nitrogens with one attached hydrogen (secondary N) is 2. The molecule has 2 aromatic rings. The van der Waals surface area contributed by atoms with E-state index in [0.717, 1.165) is 0 Å². The minimum Gasteiger partial charge on any atom is -0.484 e. The Morgan fingerprint density at radius 1 is 1.07 bits per heavy atom. The van der Waals surface area contributed by atoms with Crippen LogP contribution in [0.5, 0.6) is 5.75 Å². The van der Waals surface area contributed by atoms with Gasteiger partial charge in [-0.1, -0.05) is 29.3 Å². The predicted octanol–water partition coefficient (Wildman–Crippen LogP) is 2.20. The number of halogens is 2. The molecule has 27 heavy (non-hydrogen) atoms. The molecule has 2 rings (SSSR count). The van der Waals surface area contributed by atoms with Crippen LogP contribution in [0.15, 0.2) is 36.4 Å². The van der Waals surface area contributed by atoms with Crippen LogP contribution in [0.3, 0.4) is 0 Å². The molecule has 1 heterocycles. The third-order valence-electron chi connectivity index (χ3n) is 3.42. The van der Waals surface area contributed by atoms with E-state index in [9.17, 15) is 9.59 Å². The van der Waals surface area contributed by atoms with Crippen LogP contribution in [0.25, 0.3) is 0 Å². The Hall–Kier alpha value is -2.35. The average Bonchev–Trinajstić information content (AvgIpc) is 2.68. The van der Waals surface area contributed by atoms with Gasteiger partial charge in [-0.2, -0.15) is 0 Å². The van der Waals surface area contributed by atoms with Gasteiger partial charge < -0.3 is 20.5 Å². The maximum absolute atomic E-state index is 11.9. The summed E-state index contributed by atoms with van der Waals surface area (Å²) in [5.41, 5.74) is 0.664. The standard InChI is InChI=1S/C18H19Cl2N3O4/c19-14-6-5-13(9-15(14)20)27-11-17(25)21-7-2-8-22-18(26)16-4-1-3-12(10-24)23-16/h1,3-6,9,24H,2,7-8,10-11H2,(H,21,25)(H,22,26). The van der Waals surface area contributed by atoms with Crippen LogP contribution in [0.2, 0.25) is 10.0 Å². The number of ether oxygens (including phenoxy) is 1. The summed E-state index contributed by atoms with van der Waals surface area (Å²) in [6.07, 6.45) is 0.546. The quantitative estimate of drug-likeness (QED) is 0.549. The van der Waals surface area contributed by atoms with Gasteiger partial charge in [0.05, 0.1) is 22.3 Å². The number of amides is 2. The number of benzene rings is 1. The molecule has 2 amide bonds. The van der Waals surface area contributed by atoms with Crippen LogP contribution in [-0.2, 0) is 11.4 Å². The highest BCUT2D eigenvalue weighted by molar-refractivity contribution is 6.42. The van der Waals surface area contributed by atoms with Gasteiger partial charge in [-0.3, -0.25) is 9.59 Å². The average molecular weight is 412 g/mol. The maximum Gasteiger partial charge on any atom is 0.269 e. The number of rotatable bonds is 9. The minimum absolute atomic E-state index is 0.151. The van der Waals surface area contributed by atoms with Crippen molar-refractivity contribution in [2.24, 2.45) is 0 Å². The lowest BCUT2D eigenvalue weighted by molar-refractivity contribution is -0.123. The second-order valence-corrected chi connectivity index (χ2v) is 6.31. The molecule has 1 aromatic carbocycles. The zero-order valence-electron chi connectivity index (χ0n) is 14.4. The van der Waals surface area contributed by atoms with Crippen LogP contribution >= 0.6 is 23.2 Å². The molecule has 7 nitrogen and oxygen atoms in total. The Kier molecular flexibility index (Phi) is 8.32. The summed E-state index contributed by atoms with van der Waals surface area (Å²) in [7, 11) is 0. The highest BCUT2D eigenvalue weighted by atomic mass is 35.5. The van der Waals surface area contributed by atoms with Crippen molar-refractivity contribution < 1.29 is 19.4 Å². The number of nitrogens with zero attached hydrogens (tertiary/aromatic N) is 1. The number of hydrogen-bond acceptors (Lipinski definition) is 5. The summed E-state index contributed by atoms with van der Waals surface area (Å²) >= 11 is 11.7. The lowest BCUT2D eigenvalue weighted by Gasteiger charge is -2.09. The summed E-state index contributed by atoms with van der Waals surface area (Å²) in [5, 5.41) is 15.2. The first-order valence-corrected chi connectivity index (χ1v) is 8.94. The van der Waals surface area contributed by atoms with Crippen LogP contribution in [0.4, 0.5) is 0 Å².